The van der Waals surface area contributed by atoms with E-state index in [1.54, 1.807) is 0 Å². The highest BCUT2D eigenvalue weighted by molar-refractivity contribution is 5.87. The minimum atomic E-state index is -0.107. The van der Waals surface area contributed by atoms with E-state index in [1.807, 2.05) is 12.1 Å². The van der Waals surface area contributed by atoms with Gasteiger partial charge in [-0.2, -0.15) is 0 Å². The molecule has 0 aromatic heterocycles. The van der Waals surface area contributed by atoms with Gasteiger partial charge in [-0.05, 0) is 24.1 Å². The minimum absolute atomic E-state index is 0.107. The van der Waals surface area contributed by atoms with Gasteiger partial charge in [-0.3, -0.25) is 4.79 Å². The van der Waals surface area contributed by atoms with Crippen LogP contribution in [-0.2, 0) is 4.79 Å². The van der Waals surface area contributed by atoms with E-state index in [9.17, 15) is 4.79 Å². The number of nitrogens with one attached hydrogen (secondary N) is 1. The molecule has 0 spiro atoms. The van der Waals surface area contributed by atoms with Gasteiger partial charge in [0.05, 0.1) is 6.04 Å². The number of benzene rings is 1. The molecule has 84 valence electrons. The monoisotopic (exact) mass is 216 g/mol. The van der Waals surface area contributed by atoms with E-state index in [4.69, 9.17) is 0 Å². The largest absolute Gasteiger partial charge is 0.374 e. The Balaban J connectivity index is 2.27. The number of amides is 1. The second-order valence-corrected chi connectivity index (χ2v) is 4.03. The van der Waals surface area contributed by atoms with Gasteiger partial charge in [0.1, 0.15) is 0 Å². The summed E-state index contributed by atoms with van der Waals surface area (Å²) in [5, 5.41) is 2.96. The van der Waals surface area contributed by atoms with Crippen LogP contribution in [-0.4, -0.2) is 19.5 Å². The number of nitrogens with zero attached hydrogens (tertiary/aromatic N) is 1. The van der Waals surface area contributed by atoms with Gasteiger partial charge in [0.25, 0.3) is 0 Å². The van der Waals surface area contributed by atoms with Crippen molar-refractivity contribution < 1.29 is 4.79 Å². The topological polar surface area (TPSA) is 32.3 Å². The van der Waals surface area contributed by atoms with E-state index in [0.29, 0.717) is 0 Å². The second-order valence-electron chi connectivity index (χ2n) is 4.03. The van der Waals surface area contributed by atoms with Crippen LogP contribution < -0.4 is 10.2 Å². The summed E-state index contributed by atoms with van der Waals surface area (Å²) in [4.78, 5) is 13.5. The third-order valence-corrected chi connectivity index (χ3v) is 2.98. The van der Waals surface area contributed by atoms with E-state index in [-0.39, 0.29) is 11.9 Å². The molecular formula is C13H16N2O. The Hall–Kier alpha value is -1.77. The Morgan fingerprint density at radius 3 is 3.06 bits per heavy atom. The fourth-order valence-corrected chi connectivity index (χ4v) is 2.11. The first-order chi connectivity index (χ1) is 7.72. The van der Waals surface area contributed by atoms with Crippen LogP contribution in [0.5, 0.6) is 0 Å². The van der Waals surface area contributed by atoms with Gasteiger partial charge >= 0.3 is 0 Å². The molecule has 2 rings (SSSR count). The summed E-state index contributed by atoms with van der Waals surface area (Å²) in [7, 11) is 2.07. The summed E-state index contributed by atoms with van der Waals surface area (Å²) in [6.07, 6.45) is 2.26. The molecule has 0 aliphatic carbocycles. The summed E-state index contributed by atoms with van der Waals surface area (Å²) in [6.45, 7) is 4.43. The molecule has 0 saturated carbocycles. The zero-order valence-electron chi connectivity index (χ0n) is 9.44. The van der Waals surface area contributed by atoms with Crippen molar-refractivity contribution in [2.24, 2.45) is 0 Å². The third kappa shape index (κ3) is 1.94. The first kappa shape index (κ1) is 10.7. The molecule has 0 bridgehead atoms. The van der Waals surface area contributed by atoms with Gasteiger partial charge < -0.3 is 10.2 Å². The van der Waals surface area contributed by atoms with Crippen molar-refractivity contribution in [2.45, 2.75) is 12.5 Å². The van der Waals surface area contributed by atoms with Crippen molar-refractivity contribution in [3.05, 3.63) is 42.5 Å². The average molecular weight is 216 g/mol. The first-order valence-electron chi connectivity index (χ1n) is 5.45. The Labute approximate surface area is 95.8 Å². The molecule has 3 nitrogen and oxygen atoms in total. The molecule has 1 atom stereocenters. The van der Waals surface area contributed by atoms with Gasteiger partial charge in [0.15, 0.2) is 0 Å². The van der Waals surface area contributed by atoms with Gasteiger partial charge in [-0.1, -0.05) is 24.8 Å². The molecule has 1 aromatic rings. The van der Waals surface area contributed by atoms with Crippen molar-refractivity contribution in [3.63, 3.8) is 0 Å². The number of hydrogen-bond acceptors (Lipinski definition) is 2. The predicted molar refractivity (Wildman–Crippen MR) is 65.4 cm³/mol. The molecule has 1 heterocycles. The van der Waals surface area contributed by atoms with E-state index in [0.717, 1.165) is 13.0 Å². The molecule has 1 unspecified atom stereocenters. The van der Waals surface area contributed by atoms with Crippen molar-refractivity contribution in [3.8, 4) is 0 Å². The van der Waals surface area contributed by atoms with Crippen LogP contribution in [0.25, 0.3) is 0 Å². The Bertz CT molecular complexity index is 414. The Morgan fingerprint density at radius 2 is 2.31 bits per heavy atom. The second kappa shape index (κ2) is 4.39. The molecule has 1 aliphatic heterocycles. The minimum Gasteiger partial charge on any atom is -0.374 e. The lowest BCUT2D eigenvalue weighted by Gasteiger charge is -2.33. The van der Waals surface area contributed by atoms with Crippen LogP contribution >= 0.6 is 0 Å². The maximum atomic E-state index is 11.3. The first-order valence-corrected chi connectivity index (χ1v) is 5.45. The van der Waals surface area contributed by atoms with Crippen molar-refractivity contribution in [2.75, 3.05) is 18.5 Å². The lowest BCUT2D eigenvalue weighted by molar-refractivity contribution is -0.117. The number of anilines is 1. The normalized spacial score (nSPS) is 18.8. The van der Waals surface area contributed by atoms with Crippen LogP contribution in [0.4, 0.5) is 5.69 Å². The Kier molecular flexibility index (Phi) is 2.95. The smallest absolute Gasteiger partial charge is 0.243 e. The highest BCUT2D eigenvalue weighted by atomic mass is 16.1. The number of para-hydroxylation sites is 1. The average Bonchev–Trinajstić information content (AvgIpc) is 2.33. The number of fused-ring (bicyclic) bond motifs is 1. The zero-order valence-corrected chi connectivity index (χ0v) is 9.44. The zero-order chi connectivity index (χ0) is 11.5. The quantitative estimate of drug-likeness (QED) is 0.765. The molecule has 0 saturated heterocycles. The summed E-state index contributed by atoms with van der Waals surface area (Å²) >= 11 is 0. The molecule has 3 heteroatoms. The highest BCUT2D eigenvalue weighted by Gasteiger charge is 2.23. The Morgan fingerprint density at radius 1 is 1.56 bits per heavy atom. The maximum absolute atomic E-state index is 11.3. The summed E-state index contributed by atoms with van der Waals surface area (Å²) in [5.74, 6) is -0.107. The lowest BCUT2D eigenvalue weighted by Crippen LogP contribution is -2.35. The number of hydrogen-bond donors (Lipinski definition) is 1. The van der Waals surface area contributed by atoms with Crippen LogP contribution in [0.2, 0.25) is 0 Å². The number of carbonyl (C=O) groups is 1. The molecule has 0 radical (unpaired) electrons. The number of rotatable bonds is 2. The van der Waals surface area contributed by atoms with Gasteiger partial charge in [-0.25, -0.2) is 0 Å². The molecule has 1 aliphatic rings. The van der Waals surface area contributed by atoms with Crippen LogP contribution in [0, 0.1) is 0 Å². The van der Waals surface area contributed by atoms with Crippen LogP contribution in [0.15, 0.2) is 36.9 Å². The fourth-order valence-electron chi connectivity index (χ4n) is 2.11. The van der Waals surface area contributed by atoms with Crippen molar-refractivity contribution in [1.29, 1.82) is 0 Å². The van der Waals surface area contributed by atoms with Crippen molar-refractivity contribution >= 4 is 11.6 Å². The highest BCUT2D eigenvalue weighted by Crippen LogP contribution is 2.32. The molecule has 1 aromatic carbocycles. The summed E-state index contributed by atoms with van der Waals surface area (Å²) in [5.41, 5.74) is 2.38. The predicted octanol–water partition coefficient (Wildman–Crippen LogP) is 1.87. The van der Waals surface area contributed by atoms with E-state index in [1.165, 1.54) is 17.3 Å². The lowest BCUT2D eigenvalue weighted by atomic mass is 9.97. The third-order valence-electron chi connectivity index (χ3n) is 2.98. The van der Waals surface area contributed by atoms with Gasteiger partial charge in [-0.15, -0.1) is 0 Å². The number of carbonyl (C=O) groups excluding carboxylic acids is 1. The fraction of sp³-hybridized carbons (Fsp3) is 0.308. The molecule has 0 fully saturated rings. The summed E-state index contributed by atoms with van der Waals surface area (Å²) < 4.78 is 0. The standard InChI is InChI=1S/C13H16N2O/c1-3-13(16)14-11-8-9-15(2)12-7-5-4-6-10(11)12/h3-7,11H,1,8-9H2,2H3,(H,14,16). The van der Waals surface area contributed by atoms with E-state index >= 15 is 0 Å². The molecular weight excluding hydrogens is 200 g/mol. The van der Waals surface area contributed by atoms with Gasteiger partial charge in [0.2, 0.25) is 5.91 Å². The molecule has 16 heavy (non-hydrogen) atoms. The van der Waals surface area contributed by atoms with E-state index in [2.05, 4.69) is 36.0 Å². The van der Waals surface area contributed by atoms with Crippen LogP contribution in [0.1, 0.15) is 18.0 Å². The maximum Gasteiger partial charge on any atom is 0.243 e. The van der Waals surface area contributed by atoms with Crippen molar-refractivity contribution in [1.82, 2.24) is 5.32 Å². The van der Waals surface area contributed by atoms with E-state index < -0.39 is 0 Å². The summed E-state index contributed by atoms with van der Waals surface area (Å²) in [6, 6.07) is 8.29. The van der Waals surface area contributed by atoms with Gasteiger partial charge in [0, 0.05) is 19.3 Å². The van der Waals surface area contributed by atoms with Crippen LogP contribution in [0.3, 0.4) is 0 Å². The SMILES string of the molecule is C=CC(=O)NC1CCN(C)c2ccccc21. The molecule has 1 N–H and O–H groups in total. The molecule has 1 amide bonds.